The van der Waals surface area contributed by atoms with Crippen molar-refractivity contribution in [2.24, 2.45) is 5.73 Å². The van der Waals surface area contributed by atoms with Crippen LogP contribution < -0.4 is 11.1 Å². The Balaban J connectivity index is 2.13. The van der Waals surface area contributed by atoms with Crippen LogP contribution >= 0.6 is 0 Å². The molecular weight excluding hydrogens is 270 g/mol. The first-order valence-electron chi connectivity index (χ1n) is 6.35. The Morgan fingerprint density at radius 3 is 2.71 bits per heavy atom. The molecule has 0 aliphatic carbocycles. The number of nitrogens with zero attached hydrogens (tertiary/aromatic N) is 1. The number of aryl methyl sites for hydroxylation is 1. The zero-order valence-electron chi connectivity index (χ0n) is 11.5. The van der Waals surface area contributed by atoms with E-state index >= 15 is 0 Å². The molecule has 2 aromatic carbocycles. The van der Waals surface area contributed by atoms with Crippen LogP contribution in [0.1, 0.15) is 21.5 Å². The van der Waals surface area contributed by atoms with E-state index in [2.05, 4.69) is 5.32 Å². The van der Waals surface area contributed by atoms with Crippen LogP contribution in [-0.2, 0) is 6.54 Å². The van der Waals surface area contributed by atoms with E-state index in [-0.39, 0.29) is 5.69 Å². The molecular formula is C15H15N3O3. The van der Waals surface area contributed by atoms with Crippen LogP contribution in [0.3, 0.4) is 0 Å². The topological polar surface area (TPSA) is 98.3 Å². The van der Waals surface area contributed by atoms with Crippen molar-refractivity contribution < 1.29 is 9.72 Å². The molecule has 0 bridgehead atoms. The second-order valence-electron chi connectivity index (χ2n) is 4.68. The van der Waals surface area contributed by atoms with Gasteiger partial charge < -0.3 is 11.1 Å². The minimum atomic E-state index is -0.483. The van der Waals surface area contributed by atoms with Crippen LogP contribution in [0, 0.1) is 17.0 Å². The number of amides is 1. The summed E-state index contributed by atoms with van der Waals surface area (Å²) in [7, 11) is 0. The van der Waals surface area contributed by atoms with Crippen LogP contribution in [0.25, 0.3) is 0 Å². The van der Waals surface area contributed by atoms with E-state index in [1.807, 2.05) is 6.07 Å². The second-order valence-corrected chi connectivity index (χ2v) is 4.68. The molecule has 0 aliphatic heterocycles. The number of nitro groups is 1. The molecule has 0 spiro atoms. The fraction of sp³-hybridized carbons (Fsp3) is 0.133. The van der Waals surface area contributed by atoms with Gasteiger partial charge in [-0.05, 0) is 30.7 Å². The van der Waals surface area contributed by atoms with Crippen molar-refractivity contribution in [3.63, 3.8) is 0 Å². The Morgan fingerprint density at radius 2 is 2.05 bits per heavy atom. The lowest BCUT2D eigenvalue weighted by Crippen LogP contribution is -2.11. The van der Waals surface area contributed by atoms with Crippen molar-refractivity contribution >= 4 is 17.3 Å². The molecule has 0 saturated heterocycles. The maximum Gasteiger partial charge on any atom is 0.274 e. The Hall–Kier alpha value is -2.89. The number of benzene rings is 2. The number of nitrogens with one attached hydrogen (secondary N) is 1. The smallest absolute Gasteiger partial charge is 0.274 e. The van der Waals surface area contributed by atoms with Crippen LogP contribution in [0.4, 0.5) is 11.4 Å². The van der Waals surface area contributed by atoms with E-state index in [4.69, 9.17) is 5.73 Å². The predicted molar refractivity (Wildman–Crippen MR) is 80.1 cm³/mol. The highest BCUT2D eigenvalue weighted by molar-refractivity contribution is 5.92. The Labute approximate surface area is 121 Å². The van der Waals surface area contributed by atoms with E-state index in [9.17, 15) is 14.9 Å². The summed E-state index contributed by atoms with van der Waals surface area (Å²) >= 11 is 0. The third kappa shape index (κ3) is 3.56. The maximum absolute atomic E-state index is 11.1. The molecule has 6 heteroatoms. The maximum atomic E-state index is 11.1. The Kier molecular flexibility index (Phi) is 4.18. The van der Waals surface area contributed by atoms with Crippen molar-refractivity contribution in [1.82, 2.24) is 0 Å². The molecule has 0 aromatic heterocycles. The van der Waals surface area contributed by atoms with E-state index in [0.717, 1.165) is 5.56 Å². The van der Waals surface area contributed by atoms with Gasteiger partial charge in [0, 0.05) is 29.4 Å². The van der Waals surface area contributed by atoms with Crippen molar-refractivity contribution in [3.05, 3.63) is 69.3 Å². The van der Waals surface area contributed by atoms with E-state index in [1.54, 1.807) is 37.3 Å². The molecule has 0 radical (unpaired) electrons. The van der Waals surface area contributed by atoms with Gasteiger partial charge in [0.15, 0.2) is 0 Å². The largest absolute Gasteiger partial charge is 0.381 e. The van der Waals surface area contributed by atoms with Gasteiger partial charge in [-0.2, -0.15) is 0 Å². The Morgan fingerprint density at radius 1 is 1.29 bits per heavy atom. The normalized spacial score (nSPS) is 10.1. The summed E-state index contributed by atoms with van der Waals surface area (Å²) in [6, 6.07) is 11.9. The fourth-order valence-corrected chi connectivity index (χ4v) is 1.95. The lowest BCUT2D eigenvalue weighted by atomic mass is 10.1. The number of hydrogen-bond donors (Lipinski definition) is 2. The van der Waals surface area contributed by atoms with Crippen LogP contribution in [0.2, 0.25) is 0 Å². The molecule has 0 saturated carbocycles. The molecule has 0 fully saturated rings. The van der Waals surface area contributed by atoms with Crippen molar-refractivity contribution in [2.75, 3.05) is 5.32 Å². The summed E-state index contributed by atoms with van der Waals surface area (Å²) in [4.78, 5) is 21.6. The standard InChI is InChI=1S/C15H15N3O3/c1-10-5-6-13(8-14(10)18(20)21)17-9-11-3-2-4-12(7-11)15(16)19/h2-8,17H,9H2,1H3,(H2,16,19). The van der Waals surface area contributed by atoms with Crippen molar-refractivity contribution in [2.45, 2.75) is 13.5 Å². The Bertz CT molecular complexity index is 698. The number of carbonyl (C=O) groups excluding carboxylic acids is 1. The number of anilines is 1. The molecule has 2 aromatic rings. The fourth-order valence-electron chi connectivity index (χ4n) is 1.95. The molecule has 0 atom stereocenters. The lowest BCUT2D eigenvalue weighted by Gasteiger charge is -2.08. The predicted octanol–water partition coefficient (Wildman–Crippen LogP) is 2.61. The van der Waals surface area contributed by atoms with Crippen LogP contribution in [0.5, 0.6) is 0 Å². The molecule has 108 valence electrons. The lowest BCUT2D eigenvalue weighted by molar-refractivity contribution is -0.385. The average molecular weight is 285 g/mol. The van der Waals surface area contributed by atoms with Gasteiger partial charge in [0.05, 0.1) is 4.92 Å². The summed E-state index contributed by atoms with van der Waals surface area (Å²) in [6.07, 6.45) is 0. The number of nitrogens with two attached hydrogens (primary N) is 1. The third-order valence-corrected chi connectivity index (χ3v) is 3.11. The second kappa shape index (κ2) is 6.04. The first-order valence-corrected chi connectivity index (χ1v) is 6.35. The van der Waals surface area contributed by atoms with Gasteiger partial charge in [-0.1, -0.05) is 18.2 Å². The van der Waals surface area contributed by atoms with Gasteiger partial charge in [-0.3, -0.25) is 14.9 Å². The average Bonchev–Trinajstić information content (AvgIpc) is 2.46. The monoisotopic (exact) mass is 285 g/mol. The summed E-state index contributed by atoms with van der Waals surface area (Å²) in [6.45, 7) is 2.14. The molecule has 0 aliphatic rings. The van der Waals surface area contributed by atoms with Gasteiger partial charge in [-0.15, -0.1) is 0 Å². The van der Waals surface area contributed by atoms with Gasteiger partial charge in [-0.25, -0.2) is 0 Å². The minimum Gasteiger partial charge on any atom is -0.381 e. The zero-order valence-corrected chi connectivity index (χ0v) is 11.5. The zero-order chi connectivity index (χ0) is 15.4. The first kappa shape index (κ1) is 14.5. The van der Waals surface area contributed by atoms with E-state index in [0.29, 0.717) is 23.4 Å². The minimum absolute atomic E-state index is 0.0749. The summed E-state index contributed by atoms with van der Waals surface area (Å²) < 4.78 is 0. The van der Waals surface area contributed by atoms with Crippen LogP contribution in [0.15, 0.2) is 42.5 Å². The molecule has 3 N–H and O–H groups in total. The van der Waals surface area contributed by atoms with Gasteiger partial charge in [0.25, 0.3) is 5.69 Å². The molecule has 0 unspecified atom stereocenters. The highest BCUT2D eigenvalue weighted by Crippen LogP contribution is 2.22. The molecule has 1 amide bonds. The van der Waals surface area contributed by atoms with E-state index in [1.165, 1.54) is 6.07 Å². The third-order valence-electron chi connectivity index (χ3n) is 3.11. The molecule has 2 rings (SSSR count). The molecule has 21 heavy (non-hydrogen) atoms. The quantitative estimate of drug-likeness (QED) is 0.651. The van der Waals surface area contributed by atoms with Gasteiger partial charge in [0.2, 0.25) is 5.91 Å². The van der Waals surface area contributed by atoms with Gasteiger partial charge in [0.1, 0.15) is 0 Å². The van der Waals surface area contributed by atoms with Crippen molar-refractivity contribution in [3.8, 4) is 0 Å². The number of primary amides is 1. The number of rotatable bonds is 5. The summed E-state index contributed by atoms with van der Waals surface area (Å²) in [5.74, 6) is -0.483. The molecule has 0 heterocycles. The highest BCUT2D eigenvalue weighted by Gasteiger charge is 2.10. The van der Waals surface area contributed by atoms with E-state index < -0.39 is 10.8 Å². The number of carbonyl (C=O) groups is 1. The molecule has 6 nitrogen and oxygen atoms in total. The first-order chi connectivity index (χ1) is 9.97. The SMILES string of the molecule is Cc1ccc(NCc2cccc(C(N)=O)c2)cc1[N+](=O)[O-]. The van der Waals surface area contributed by atoms with Crippen molar-refractivity contribution in [1.29, 1.82) is 0 Å². The number of nitro benzene ring substituents is 1. The summed E-state index contributed by atoms with van der Waals surface area (Å²) in [5.41, 5.74) is 7.87. The number of hydrogen-bond acceptors (Lipinski definition) is 4. The van der Waals surface area contributed by atoms with Gasteiger partial charge >= 0.3 is 0 Å². The highest BCUT2D eigenvalue weighted by atomic mass is 16.6. The summed E-state index contributed by atoms with van der Waals surface area (Å²) in [5, 5.41) is 14.0. The van der Waals surface area contributed by atoms with Crippen LogP contribution in [-0.4, -0.2) is 10.8 Å².